The van der Waals surface area contributed by atoms with Crippen molar-refractivity contribution in [1.82, 2.24) is 16.0 Å². The number of amides is 5. The molecule has 0 fully saturated rings. The maximum atomic E-state index is 12.2. The molecule has 0 saturated heterocycles. The zero-order chi connectivity index (χ0) is 65.6. The van der Waals surface area contributed by atoms with E-state index in [1.807, 2.05) is 46.8 Å². The highest BCUT2D eigenvalue weighted by molar-refractivity contribution is 7.86. The lowest BCUT2D eigenvalue weighted by Crippen LogP contribution is -2.40. The van der Waals surface area contributed by atoms with Crippen molar-refractivity contribution in [2.24, 2.45) is 16.2 Å². The average molecular weight is 1270 g/mol. The second kappa shape index (κ2) is 32.9. The molecule has 29 heteroatoms. The minimum atomic E-state index is -4.57. The number of aromatic carboxylic acids is 1. The average Bonchev–Trinajstić information content (AvgIpc) is 3.20. The van der Waals surface area contributed by atoms with E-state index in [-0.39, 0.29) is 69.1 Å². The molecule has 0 aliphatic rings. The largest absolute Gasteiger partial charge is 0.478 e. The summed E-state index contributed by atoms with van der Waals surface area (Å²) >= 11 is 0. The molecule has 0 bridgehead atoms. The van der Waals surface area contributed by atoms with Gasteiger partial charge in [0.2, 0.25) is 11.8 Å². The first kappa shape index (κ1) is 76.6. The lowest BCUT2D eigenvalue weighted by Gasteiger charge is -2.24. The monoisotopic (exact) mass is 1270 g/mol. The Balaban J connectivity index is 0.000000570. The number of anilines is 1. The number of rotatable bonds is 24. The van der Waals surface area contributed by atoms with Crippen LogP contribution in [0.25, 0.3) is 0 Å². The van der Waals surface area contributed by atoms with Gasteiger partial charge in [-0.2, -0.15) is 25.3 Å². The summed E-state index contributed by atoms with van der Waals surface area (Å²) in [7, 11) is -17.3. The molecule has 4 rings (SSSR count). The Kier molecular flexibility index (Phi) is 29.6. The fourth-order valence-electron chi connectivity index (χ4n) is 6.14. The van der Waals surface area contributed by atoms with Crippen LogP contribution in [0.3, 0.4) is 0 Å². The third-order valence-corrected chi connectivity index (χ3v) is 17.0. The number of carboxylic acids is 1. The normalized spacial score (nSPS) is 12.6. The zero-order valence-electron chi connectivity index (χ0n) is 50.0. The molecule has 0 radical (unpaired) electrons. The van der Waals surface area contributed by atoms with Crippen molar-refractivity contribution in [2.75, 3.05) is 31.7 Å². The van der Waals surface area contributed by atoms with Crippen molar-refractivity contribution >= 4 is 79.6 Å². The standard InChI is InChI=1S/C19H23NO4S.C13H17NO6S.C13H19NO4S.C11H22NO7P/c1-4-19(2,3)16-7-5-6-14(12-16)13-20-18(21)15-8-10-17(11-9-15)25(22,23)24;1-4-13(2,3)12(17)14-9-5-8(11(15)16)6-10(7-9)21(18,19)20;1-4-13(2,3)9-14-12(15)10-7-5-6-8-11(10)19(16,17)18;1-5-11(3,4)9(13)12-10(14)17-7-8-19-20(15,16)18-6-2/h5-12H,4,13H2,1-3H3,(H,20,21)(H,22,23,24);5-7H,4H2,1-3H3,(H,14,17)(H,15,16)(H,18,19,20);5-8H,4,9H2,1-3H3,(H,14,15)(H,16,17,18);5-8H2,1-4H3,(H,15,16)(H,12,13,14). The van der Waals surface area contributed by atoms with Crippen molar-refractivity contribution in [3.63, 3.8) is 0 Å². The summed E-state index contributed by atoms with van der Waals surface area (Å²) in [5, 5.41) is 19.0. The molecule has 0 aliphatic carbocycles. The SMILES string of the molecule is CCC(C)(C)C(=O)Nc1cc(C(=O)O)cc(S(=O)(=O)O)c1.CCC(C)(C)CNC(=O)c1ccccc1S(=O)(=O)O.CCC(C)(C)c1cccc(CNC(=O)c2ccc(S(=O)(=O)O)cc2)c1.CCOP(=O)(O)OCCOC(=O)NC(=O)C(C)(C)CC. The number of ether oxygens (including phenoxy) is 1. The third-order valence-electron chi connectivity index (χ3n) is 13.3. The Morgan fingerprint density at radius 2 is 1.14 bits per heavy atom. The molecule has 9 N–H and O–H groups in total. The van der Waals surface area contributed by atoms with Crippen molar-refractivity contribution in [2.45, 2.75) is 142 Å². The number of hydrogen-bond acceptors (Lipinski definition) is 16. The van der Waals surface area contributed by atoms with Gasteiger partial charge in [0, 0.05) is 35.2 Å². The van der Waals surface area contributed by atoms with Crippen LogP contribution in [0.2, 0.25) is 0 Å². The van der Waals surface area contributed by atoms with Gasteiger partial charge in [0.15, 0.2) is 0 Å². The van der Waals surface area contributed by atoms with Crippen LogP contribution in [0, 0.1) is 16.2 Å². The quantitative estimate of drug-likeness (QED) is 0.0179. The highest BCUT2D eigenvalue weighted by atomic mass is 32.2. The second-order valence-electron chi connectivity index (χ2n) is 21.6. The van der Waals surface area contributed by atoms with E-state index in [9.17, 15) is 58.6 Å². The van der Waals surface area contributed by atoms with E-state index in [0.29, 0.717) is 31.5 Å². The Labute approximate surface area is 498 Å². The number of phosphoric acid groups is 1. The minimum absolute atomic E-state index is 0.00551. The molecule has 1 unspecified atom stereocenters. The van der Waals surface area contributed by atoms with Crippen LogP contribution < -0.4 is 21.3 Å². The maximum absolute atomic E-state index is 12.2. The summed E-state index contributed by atoms with van der Waals surface area (Å²) in [5.41, 5.74) is 0.788. The van der Waals surface area contributed by atoms with Crippen LogP contribution in [0.4, 0.5) is 10.5 Å². The van der Waals surface area contributed by atoms with Gasteiger partial charge in [0.05, 0.1) is 34.1 Å². The van der Waals surface area contributed by atoms with Crippen molar-refractivity contribution in [3.05, 3.63) is 119 Å². The number of carboxylic acid groups (broad SMARTS) is 1. The number of carbonyl (C=O) groups is 6. The lowest BCUT2D eigenvalue weighted by atomic mass is 9.82. The molecule has 25 nitrogen and oxygen atoms in total. The molecular formula is C56H81N4O21PS3. The van der Waals surface area contributed by atoms with E-state index >= 15 is 0 Å². The van der Waals surface area contributed by atoms with E-state index in [0.717, 1.165) is 36.6 Å². The Morgan fingerprint density at radius 3 is 1.65 bits per heavy atom. The predicted octanol–water partition coefficient (Wildman–Crippen LogP) is 9.49. The summed E-state index contributed by atoms with van der Waals surface area (Å²) < 4.78 is 118. The second-order valence-corrected chi connectivity index (χ2v) is 27.2. The smallest absolute Gasteiger partial charge is 0.472 e. The van der Waals surface area contributed by atoms with Crippen LogP contribution >= 0.6 is 7.82 Å². The topological polar surface area (TPSA) is 399 Å². The van der Waals surface area contributed by atoms with Gasteiger partial charge < -0.3 is 30.7 Å². The summed E-state index contributed by atoms with van der Waals surface area (Å²) in [6.07, 6.45) is 2.08. The molecule has 85 heavy (non-hydrogen) atoms. The van der Waals surface area contributed by atoms with Gasteiger partial charge in [-0.1, -0.05) is 119 Å². The van der Waals surface area contributed by atoms with Crippen molar-refractivity contribution < 1.29 is 96.0 Å². The number of hydrogen-bond donors (Lipinski definition) is 9. The molecule has 0 heterocycles. The lowest BCUT2D eigenvalue weighted by molar-refractivity contribution is -0.128. The first-order valence-electron chi connectivity index (χ1n) is 26.5. The van der Waals surface area contributed by atoms with Crippen molar-refractivity contribution in [3.8, 4) is 0 Å². The number of phosphoric ester groups is 1. The molecule has 474 valence electrons. The van der Waals surface area contributed by atoms with Gasteiger partial charge >= 0.3 is 19.9 Å². The van der Waals surface area contributed by atoms with Gasteiger partial charge in [0.1, 0.15) is 11.5 Å². The van der Waals surface area contributed by atoms with Gasteiger partial charge in [-0.3, -0.25) is 47.2 Å². The number of nitrogens with one attached hydrogen (secondary N) is 4. The van der Waals surface area contributed by atoms with Gasteiger partial charge in [-0.15, -0.1) is 0 Å². The fourth-order valence-corrected chi connectivity index (χ4v) is 8.57. The predicted molar refractivity (Wildman–Crippen MR) is 317 cm³/mol. The molecule has 4 aromatic carbocycles. The van der Waals surface area contributed by atoms with Crippen LogP contribution in [-0.4, -0.2) is 111 Å². The molecule has 0 aliphatic heterocycles. The number of carbonyl (C=O) groups excluding carboxylic acids is 5. The van der Waals surface area contributed by atoms with Gasteiger partial charge in [-0.25, -0.2) is 14.2 Å². The van der Waals surface area contributed by atoms with E-state index in [2.05, 4.69) is 68.0 Å². The van der Waals surface area contributed by atoms with Gasteiger partial charge in [-0.05, 0) is 109 Å². The van der Waals surface area contributed by atoms with Crippen LogP contribution in [0.1, 0.15) is 158 Å². The molecule has 4 aromatic rings. The molecule has 0 saturated carbocycles. The summed E-state index contributed by atoms with van der Waals surface area (Å²) in [6.45, 7) is 24.8. The summed E-state index contributed by atoms with van der Waals surface area (Å²) in [5.74, 6) is -3.01. The van der Waals surface area contributed by atoms with E-state index in [1.165, 1.54) is 55.0 Å². The van der Waals surface area contributed by atoms with E-state index in [4.69, 9.17) is 23.7 Å². The molecule has 0 aromatic heterocycles. The first-order chi connectivity index (χ1) is 38.9. The molecule has 0 spiro atoms. The van der Waals surface area contributed by atoms with E-state index < -0.39 is 77.8 Å². The Bertz CT molecular complexity index is 3350. The first-order valence-corrected chi connectivity index (χ1v) is 32.3. The van der Waals surface area contributed by atoms with Crippen LogP contribution in [0.5, 0.6) is 0 Å². The third kappa shape index (κ3) is 27.2. The zero-order valence-corrected chi connectivity index (χ0v) is 53.3. The highest BCUT2D eigenvalue weighted by Crippen LogP contribution is 2.42. The van der Waals surface area contributed by atoms with Crippen LogP contribution in [-0.2, 0) is 70.3 Å². The number of benzene rings is 4. The molecule has 1 atom stereocenters. The maximum Gasteiger partial charge on any atom is 0.472 e. The Morgan fingerprint density at radius 1 is 0.576 bits per heavy atom. The summed E-state index contributed by atoms with van der Waals surface area (Å²) in [4.78, 5) is 78.0. The van der Waals surface area contributed by atoms with Gasteiger partial charge in [0.25, 0.3) is 42.2 Å². The minimum Gasteiger partial charge on any atom is -0.478 e. The number of imide groups is 1. The summed E-state index contributed by atoms with van der Waals surface area (Å²) in [6, 6.07) is 21.8. The van der Waals surface area contributed by atoms with Crippen molar-refractivity contribution in [1.29, 1.82) is 0 Å². The molecular weight excluding hydrogens is 1190 g/mol. The fraction of sp³-hybridized carbons (Fsp3) is 0.464. The Hall–Kier alpha value is -6.46. The van der Waals surface area contributed by atoms with E-state index in [1.54, 1.807) is 33.8 Å². The highest BCUT2D eigenvalue weighted by Gasteiger charge is 2.29. The number of alkyl carbamates (subject to hydrolysis) is 1. The molecule has 5 amide bonds. The van der Waals surface area contributed by atoms with Crippen LogP contribution in [0.15, 0.2) is 106 Å².